The van der Waals surface area contributed by atoms with E-state index >= 15 is 0 Å². The van der Waals surface area contributed by atoms with Crippen molar-refractivity contribution in [3.05, 3.63) is 0 Å². The van der Waals surface area contributed by atoms with Gasteiger partial charge in [0.05, 0.1) is 0 Å². The molecule has 2 fully saturated rings. The van der Waals surface area contributed by atoms with Gasteiger partial charge in [0, 0.05) is 38.9 Å². The van der Waals surface area contributed by atoms with E-state index in [4.69, 9.17) is 9.84 Å². The molecule has 0 radical (unpaired) electrons. The van der Waals surface area contributed by atoms with Gasteiger partial charge in [-0.15, -0.1) is 0 Å². The fraction of sp³-hybridized carbons (Fsp3) is 0.929. The first-order valence-corrected chi connectivity index (χ1v) is 7.41. The maximum Gasteiger partial charge on any atom is 0.404 e. The Kier molecular flexibility index (Phi) is 5.45. The van der Waals surface area contributed by atoms with Gasteiger partial charge in [-0.25, -0.2) is 4.79 Å². The molecule has 5 nitrogen and oxygen atoms in total. The lowest BCUT2D eigenvalue weighted by Gasteiger charge is -2.40. The van der Waals surface area contributed by atoms with Crippen LogP contribution in [-0.2, 0) is 4.74 Å². The highest BCUT2D eigenvalue weighted by Crippen LogP contribution is 2.29. The minimum Gasteiger partial charge on any atom is -0.465 e. The van der Waals surface area contributed by atoms with E-state index in [0.29, 0.717) is 6.04 Å². The number of rotatable bonds is 4. The van der Waals surface area contributed by atoms with Crippen LogP contribution in [0.4, 0.5) is 4.79 Å². The van der Waals surface area contributed by atoms with Gasteiger partial charge in [0.25, 0.3) is 0 Å². The molecule has 0 bridgehead atoms. The number of likely N-dealkylation sites (tertiary alicyclic amines) is 1. The molecule has 1 aliphatic heterocycles. The zero-order valence-electron chi connectivity index (χ0n) is 11.8. The minimum atomic E-state index is -0.890. The Hall–Kier alpha value is -0.810. The zero-order chi connectivity index (χ0) is 13.7. The number of amides is 1. The maximum absolute atomic E-state index is 10.6. The van der Waals surface area contributed by atoms with E-state index in [1.54, 1.807) is 7.11 Å². The lowest BCUT2D eigenvalue weighted by molar-refractivity contribution is 0.0742. The van der Waals surface area contributed by atoms with E-state index in [9.17, 15) is 4.79 Å². The molecule has 1 aliphatic carbocycles. The van der Waals surface area contributed by atoms with Gasteiger partial charge in [-0.3, -0.25) is 0 Å². The number of carbonyl (C=O) groups is 1. The number of hydrogen-bond donors (Lipinski definition) is 2. The predicted molar refractivity (Wildman–Crippen MR) is 73.4 cm³/mol. The van der Waals surface area contributed by atoms with Crippen molar-refractivity contribution in [1.29, 1.82) is 0 Å². The third kappa shape index (κ3) is 4.35. The minimum absolute atomic E-state index is 0.151. The topological polar surface area (TPSA) is 61.8 Å². The Morgan fingerprint density at radius 2 is 1.84 bits per heavy atom. The summed E-state index contributed by atoms with van der Waals surface area (Å²) in [5, 5.41) is 11.3. The summed E-state index contributed by atoms with van der Waals surface area (Å²) in [5.41, 5.74) is 0. The van der Waals surface area contributed by atoms with Gasteiger partial charge in [-0.05, 0) is 44.4 Å². The largest absolute Gasteiger partial charge is 0.465 e. The second-order valence-corrected chi connectivity index (χ2v) is 5.89. The van der Waals surface area contributed by atoms with Crippen molar-refractivity contribution < 1.29 is 14.6 Å². The highest BCUT2D eigenvalue weighted by Gasteiger charge is 2.29. The van der Waals surface area contributed by atoms with Crippen molar-refractivity contribution in [2.45, 2.75) is 50.6 Å². The standard InChI is InChI=1S/C14H26N2O3/c1-19-10-11-2-4-13(5-3-11)16-8-6-12(7-9-16)15-14(17)18/h11-13,15H,2-10H2,1H3,(H,17,18). The zero-order valence-corrected chi connectivity index (χ0v) is 11.8. The predicted octanol–water partition coefficient (Wildman–Crippen LogP) is 1.92. The Labute approximate surface area is 115 Å². The molecule has 0 aromatic heterocycles. The summed E-state index contributed by atoms with van der Waals surface area (Å²) < 4.78 is 5.24. The van der Waals surface area contributed by atoms with Crippen LogP contribution in [0.25, 0.3) is 0 Å². The fourth-order valence-electron chi connectivity index (χ4n) is 3.50. The summed E-state index contributed by atoms with van der Waals surface area (Å²) in [7, 11) is 1.78. The van der Waals surface area contributed by atoms with Gasteiger partial charge in [-0.2, -0.15) is 0 Å². The third-order valence-corrected chi connectivity index (χ3v) is 4.59. The van der Waals surface area contributed by atoms with Gasteiger partial charge in [-0.1, -0.05) is 0 Å². The Balaban J connectivity index is 1.69. The summed E-state index contributed by atoms with van der Waals surface area (Å²) in [4.78, 5) is 13.2. The molecule has 110 valence electrons. The van der Waals surface area contributed by atoms with E-state index in [2.05, 4.69) is 10.2 Å². The van der Waals surface area contributed by atoms with Crippen molar-refractivity contribution in [3.63, 3.8) is 0 Å². The maximum atomic E-state index is 10.6. The van der Waals surface area contributed by atoms with Gasteiger partial charge in [0.1, 0.15) is 0 Å². The number of hydrogen-bond acceptors (Lipinski definition) is 3. The highest BCUT2D eigenvalue weighted by atomic mass is 16.5. The van der Waals surface area contributed by atoms with Gasteiger partial charge in [0.2, 0.25) is 0 Å². The molecule has 2 rings (SSSR count). The second-order valence-electron chi connectivity index (χ2n) is 5.89. The molecule has 0 unspecified atom stereocenters. The van der Waals surface area contributed by atoms with E-state index in [1.165, 1.54) is 25.7 Å². The normalized spacial score (nSPS) is 30.2. The van der Waals surface area contributed by atoms with Crippen molar-refractivity contribution in [2.24, 2.45) is 5.92 Å². The summed E-state index contributed by atoms with van der Waals surface area (Å²) in [5.74, 6) is 0.743. The van der Waals surface area contributed by atoms with Crippen LogP contribution in [0.2, 0.25) is 0 Å². The van der Waals surface area contributed by atoms with Crippen LogP contribution in [-0.4, -0.2) is 55.0 Å². The lowest BCUT2D eigenvalue weighted by atomic mass is 9.85. The average molecular weight is 270 g/mol. The molecule has 1 saturated carbocycles. The molecule has 5 heteroatoms. The number of methoxy groups -OCH3 is 1. The molecule has 1 amide bonds. The molecular formula is C14H26N2O3. The molecular weight excluding hydrogens is 244 g/mol. The van der Waals surface area contributed by atoms with Crippen molar-refractivity contribution in [3.8, 4) is 0 Å². The van der Waals surface area contributed by atoms with Crippen LogP contribution in [0.3, 0.4) is 0 Å². The molecule has 0 atom stereocenters. The van der Waals surface area contributed by atoms with Crippen LogP contribution in [0.1, 0.15) is 38.5 Å². The molecule has 19 heavy (non-hydrogen) atoms. The first kappa shape index (κ1) is 14.6. The molecule has 0 spiro atoms. The lowest BCUT2D eigenvalue weighted by Crippen LogP contribution is -2.48. The van der Waals surface area contributed by atoms with Crippen molar-refractivity contribution in [1.82, 2.24) is 10.2 Å². The smallest absolute Gasteiger partial charge is 0.404 e. The molecule has 0 aromatic rings. The van der Waals surface area contributed by atoms with Gasteiger partial charge >= 0.3 is 6.09 Å². The van der Waals surface area contributed by atoms with Crippen LogP contribution < -0.4 is 5.32 Å². The number of piperidine rings is 1. The van der Waals surface area contributed by atoms with Crippen molar-refractivity contribution >= 4 is 6.09 Å². The van der Waals surface area contributed by atoms with E-state index in [-0.39, 0.29) is 6.04 Å². The van der Waals surface area contributed by atoms with E-state index < -0.39 is 6.09 Å². The summed E-state index contributed by atoms with van der Waals surface area (Å²) >= 11 is 0. The number of nitrogens with zero attached hydrogens (tertiary/aromatic N) is 1. The monoisotopic (exact) mass is 270 g/mol. The fourth-order valence-corrected chi connectivity index (χ4v) is 3.50. The number of nitrogens with one attached hydrogen (secondary N) is 1. The summed E-state index contributed by atoms with van der Waals surface area (Å²) in [6.07, 6.45) is 6.08. The van der Waals surface area contributed by atoms with E-state index in [0.717, 1.165) is 38.5 Å². The average Bonchev–Trinajstić information content (AvgIpc) is 2.40. The van der Waals surface area contributed by atoms with Gasteiger partial charge in [0.15, 0.2) is 0 Å². The third-order valence-electron chi connectivity index (χ3n) is 4.59. The van der Waals surface area contributed by atoms with Crippen LogP contribution in [0.15, 0.2) is 0 Å². The first-order valence-electron chi connectivity index (χ1n) is 7.41. The Bertz CT molecular complexity index is 282. The molecule has 2 N–H and O–H groups in total. The Morgan fingerprint density at radius 3 is 2.37 bits per heavy atom. The van der Waals surface area contributed by atoms with E-state index in [1.807, 2.05) is 0 Å². The van der Waals surface area contributed by atoms with Crippen LogP contribution >= 0.6 is 0 Å². The number of ether oxygens (including phenoxy) is 1. The molecule has 2 aliphatic rings. The number of carboxylic acid groups (broad SMARTS) is 1. The first-order chi connectivity index (χ1) is 9.19. The summed E-state index contributed by atoms with van der Waals surface area (Å²) in [6.45, 7) is 2.96. The van der Waals surface area contributed by atoms with Crippen LogP contribution in [0, 0.1) is 5.92 Å². The van der Waals surface area contributed by atoms with Crippen molar-refractivity contribution in [2.75, 3.05) is 26.8 Å². The van der Waals surface area contributed by atoms with Gasteiger partial charge < -0.3 is 20.1 Å². The molecule has 1 saturated heterocycles. The molecule has 0 aromatic carbocycles. The highest BCUT2D eigenvalue weighted by molar-refractivity contribution is 5.64. The molecule has 1 heterocycles. The Morgan fingerprint density at radius 1 is 1.21 bits per heavy atom. The quantitative estimate of drug-likeness (QED) is 0.819. The SMILES string of the molecule is COCC1CCC(N2CCC(NC(=O)O)CC2)CC1. The second kappa shape index (κ2) is 7.10. The summed E-state index contributed by atoms with van der Waals surface area (Å²) in [6, 6.07) is 0.859. The van der Waals surface area contributed by atoms with Crippen LogP contribution in [0.5, 0.6) is 0 Å².